The summed E-state index contributed by atoms with van der Waals surface area (Å²) in [5.74, 6) is 0.0547. The SMILES string of the molecule is Oc1c(-n2c3ccccc3c3ccccc32)c(-n2c3ccccc3c3ccccc32)c(O)c(-n2c3ccccc3c3ccccc32)c1-n1c2ccccc2c2ccccc21. The van der Waals surface area contributed by atoms with Crippen molar-refractivity contribution in [1.29, 1.82) is 0 Å². The molecule has 4 heterocycles. The van der Waals surface area contributed by atoms with Gasteiger partial charge in [0.1, 0.15) is 22.7 Å². The van der Waals surface area contributed by atoms with Gasteiger partial charge >= 0.3 is 0 Å². The molecule has 0 radical (unpaired) electrons. The van der Waals surface area contributed by atoms with Crippen molar-refractivity contribution >= 4 is 87.2 Å². The molecule has 2 N–H and O–H groups in total. The van der Waals surface area contributed by atoms with Gasteiger partial charge in [-0.2, -0.15) is 0 Å². The van der Waals surface area contributed by atoms with Crippen LogP contribution in [0, 0.1) is 0 Å². The lowest BCUT2D eigenvalue weighted by Gasteiger charge is -2.26. The van der Waals surface area contributed by atoms with Gasteiger partial charge in [-0.1, -0.05) is 146 Å². The Labute approximate surface area is 342 Å². The third-order valence-corrected chi connectivity index (χ3v) is 12.6. The van der Waals surface area contributed by atoms with E-state index >= 15 is 0 Å². The molecule has 0 saturated carbocycles. The highest BCUT2D eigenvalue weighted by atomic mass is 16.3. The number of aromatic hydroxyl groups is 2. The number of nitrogens with zero attached hydrogens (tertiary/aromatic N) is 4. The van der Waals surface area contributed by atoms with E-state index in [2.05, 4.69) is 164 Å². The van der Waals surface area contributed by atoms with Gasteiger partial charge in [0.2, 0.25) is 0 Å². The van der Waals surface area contributed by atoms with Gasteiger partial charge in [0.05, 0.1) is 44.1 Å². The highest BCUT2D eigenvalue weighted by Crippen LogP contribution is 2.53. The summed E-state index contributed by atoms with van der Waals surface area (Å²) in [4.78, 5) is 0. The number of aromatic nitrogens is 4. The summed E-state index contributed by atoms with van der Waals surface area (Å²) < 4.78 is 8.58. The Morgan fingerprint density at radius 2 is 0.333 bits per heavy atom. The van der Waals surface area contributed by atoms with Crippen molar-refractivity contribution in [2.75, 3.05) is 0 Å². The Bertz CT molecular complexity index is 3210. The van der Waals surface area contributed by atoms with E-state index in [9.17, 15) is 10.2 Å². The van der Waals surface area contributed by atoms with E-state index in [1.54, 1.807) is 0 Å². The highest BCUT2D eigenvalue weighted by Gasteiger charge is 2.34. The van der Waals surface area contributed by atoms with E-state index in [-0.39, 0.29) is 11.5 Å². The molecule has 0 aliphatic heterocycles. The maximum atomic E-state index is 14.0. The van der Waals surface area contributed by atoms with Crippen LogP contribution in [0.4, 0.5) is 0 Å². The fraction of sp³-hybridized carbons (Fsp3) is 0. The normalized spacial score (nSPS) is 12.1. The number of phenols is 2. The zero-order chi connectivity index (χ0) is 39.6. The number of hydrogen-bond acceptors (Lipinski definition) is 2. The van der Waals surface area contributed by atoms with Crippen LogP contribution in [0.3, 0.4) is 0 Å². The molecule has 0 aliphatic rings. The molecule has 4 aromatic heterocycles. The lowest BCUT2D eigenvalue weighted by molar-refractivity contribution is 0.453. The minimum Gasteiger partial charge on any atom is -0.504 e. The van der Waals surface area contributed by atoms with Crippen molar-refractivity contribution in [3.05, 3.63) is 194 Å². The molecule has 0 spiro atoms. The number of fused-ring (bicyclic) bond motifs is 12. The summed E-state index contributed by atoms with van der Waals surface area (Å²) in [6, 6.07) is 66.6. The molecule has 0 aliphatic carbocycles. The summed E-state index contributed by atoms with van der Waals surface area (Å²) in [7, 11) is 0. The molecule has 0 unspecified atom stereocenters. The van der Waals surface area contributed by atoms with Crippen molar-refractivity contribution in [3.63, 3.8) is 0 Å². The zero-order valence-electron chi connectivity index (χ0n) is 32.2. The maximum absolute atomic E-state index is 14.0. The highest BCUT2D eigenvalue weighted by molar-refractivity contribution is 6.15. The first-order valence-corrected chi connectivity index (χ1v) is 20.2. The van der Waals surface area contributed by atoms with E-state index in [0.29, 0.717) is 22.7 Å². The molecule has 282 valence electrons. The first kappa shape index (κ1) is 32.8. The van der Waals surface area contributed by atoms with Crippen LogP contribution in [0.25, 0.3) is 110 Å². The van der Waals surface area contributed by atoms with Gasteiger partial charge < -0.3 is 28.5 Å². The number of rotatable bonds is 4. The summed E-state index contributed by atoms with van der Waals surface area (Å²) in [5.41, 5.74) is 9.16. The van der Waals surface area contributed by atoms with Gasteiger partial charge in [0.15, 0.2) is 11.5 Å². The smallest absolute Gasteiger partial charge is 0.168 e. The molecule has 0 fully saturated rings. The zero-order valence-corrected chi connectivity index (χ0v) is 32.2. The van der Waals surface area contributed by atoms with Crippen LogP contribution in [-0.4, -0.2) is 28.5 Å². The second kappa shape index (κ2) is 12.1. The van der Waals surface area contributed by atoms with Crippen molar-refractivity contribution in [1.82, 2.24) is 18.3 Å². The summed E-state index contributed by atoms with van der Waals surface area (Å²) >= 11 is 0. The van der Waals surface area contributed by atoms with E-state index in [1.807, 2.05) is 48.5 Å². The summed E-state index contributed by atoms with van der Waals surface area (Å²) in [6.45, 7) is 0. The maximum Gasteiger partial charge on any atom is 0.168 e. The van der Waals surface area contributed by atoms with Crippen molar-refractivity contribution < 1.29 is 10.2 Å². The Morgan fingerprint density at radius 1 is 0.200 bits per heavy atom. The van der Waals surface area contributed by atoms with E-state index in [0.717, 1.165) is 87.2 Å². The Morgan fingerprint density at radius 3 is 0.483 bits per heavy atom. The second-order valence-electron chi connectivity index (χ2n) is 15.6. The fourth-order valence-electron chi connectivity index (χ4n) is 10.2. The van der Waals surface area contributed by atoms with Crippen molar-refractivity contribution in [2.24, 2.45) is 0 Å². The largest absolute Gasteiger partial charge is 0.504 e. The van der Waals surface area contributed by atoms with Crippen LogP contribution < -0.4 is 0 Å². The average molecular weight is 771 g/mol. The molecular weight excluding hydrogens is 737 g/mol. The second-order valence-corrected chi connectivity index (χ2v) is 15.6. The van der Waals surface area contributed by atoms with Crippen LogP contribution in [-0.2, 0) is 0 Å². The predicted octanol–water partition coefficient (Wildman–Crippen LogP) is 13.5. The molecule has 13 rings (SSSR count). The molecule has 6 nitrogen and oxygen atoms in total. The first-order valence-electron chi connectivity index (χ1n) is 20.2. The number of hydrogen-bond donors (Lipinski definition) is 2. The predicted molar refractivity (Wildman–Crippen MR) is 247 cm³/mol. The van der Waals surface area contributed by atoms with Crippen LogP contribution in [0.5, 0.6) is 11.5 Å². The van der Waals surface area contributed by atoms with Crippen molar-refractivity contribution in [3.8, 4) is 34.2 Å². The summed E-state index contributed by atoms with van der Waals surface area (Å²) in [5, 5.41) is 36.3. The fourth-order valence-corrected chi connectivity index (χ4v) is 10.2. The van der Waals surface area contributed by atoms with Gasteiger partial charge in [-0.05, 0) is 48.5 Å². The molecule has 0 atom stereocenters. The number of phenolic OH excluding ortho intramolecular Hbond substituents is 2. The van der Waals surface area contributed by atoms with Crippen LogP contribution in [0.15, 0.2) is 194 Å². The van der Waals surface area contributed by atoms with Gasteiger partial charge in [0.25, 0.3) is 0 Å². The molecule has 0 bridgehead atoms. The lowest BCUT2D eigenvalue weighted by Crippen LogP contribution is -2.12. The standard InChI is InChI=1S/C54H34N4O2/c59-53-49(55-41-25-9-1-17-33(41)34-18-2-10-26-42(34)55)50(56-43-27-11-3-19-35(43)36-20-4-12-28-44(36)56)54(60)52(58-47-31-15-7-23-39(47)40-24-8-16-32-48(40)58)51(53)57-45-29-13-5-21-37(45)38-22-6-14-30-46(38)57/h1-32,59-60H. The topological polar surface area (TPSA) is 60.2 Å². The number of benzene rings is 9. The molecule has 13 aromatic rings. The van der Waals surface area contributed by atoms with Gasteiger partial charge in [-0.15, -0.1) is 0 Å². The van der Waals surface area contributed by atoms with Gasteiger partial charge in [0, 0.05) is 43.1 Å². The third kappa shape index (κ3) is 4.21. The Balaban J connectivity index is 1.35. The van der Waals surface area contributed by atoms with Crippen molar-refractivity contribution in [2.45, 2.75) is 0 Å². The molecule has 0 saturated heterocycles. The average Bonchev–Trinajstić information content (AvgIpc) is 4.02. The third-order valence-electron chi connectivity index (χ3n) is 12.6. The molecule has 0 amide bonds. The monoisotopic (exact) mass is 770 g/mol. The minimum atomic E-state index is 0.0273. The van der Waals surface area contributed by atoms with Crippen LogP contribution in [0.1, 0.15) is 0 Å². The van der Waals surface area contributed by atoms with E-state index < -0.39 is 0 Å². The molecule has 60 heavy (non-hydrogen) atoms. The van der Waals surface area contributed by atoms with Gasteiger partial charge in [-0.25, -0.2) is 0 Å². The minimum absolute atomic E-state index is 0.0273. The van der Waals surface area contributed by atoms with E-state index in [4.69, 9.17) is 0 Å². The molecule has 6 heteroatoms. The quantitative estimate of drug-likeness (QED) is 0.175. The van der Waals surface area contributed by atoms with E-state index in [1.165, 1.54) is 0 Å². The van der Waals surface area contributed by atoms with Crippen LogP contribution >= 0.6 is 0 Å². The Hall–Kier alpha value is -8.22. The molecular formula is C54H34N4O2. The van der Waals surface area contributed by atoms with Crippen LogP contribution in [0.2, 0.25) is 0 Å². The lowest BCUT2D eigenvalue weighted by atomic mass is 10.1. The Kier molecular flexibility index (Phi) is 6.65. The van der Waals surface area contributed by atoms with Gasteiger partial charge in [-0.3, -0.25) is 0 Å². The first-order chi connectivity index (χ1) is 29.7. The summed E-state index contributed by atoms with van der Waals surface area (Å²) in [6.07, 6.45) is 0. The number of para-hydroxylation sites is 8. The molecule has 9 aromatic carbocycles.